The first kappa shape index (κ1) is 23.8. The lowest BCUT2D eigenvalue weighted by Gasteiger charge is -2.30. The van der Waals surface area contributed by atoms with Crippen LogP contribution in [0.25, 0.3) is 0 Å². The summed E-state index contributed by atoms with van der Waals surface area (Å²) in [6.07, 6.45) is -5.19. The smallest absolute Gasteiger partial charge is 0.425 e. The number of anilines is 1. The molecule has 1 aromatic heterocycles. The number of aromatic amines is 1. The number of carbonyl (C=O) groups is 2. The van der Waals surface area contributed by atoms with Crippen molar-refractivity contribution in [2.24, 2.45) is 0 Å². The van der Waals surface area contributed by atoms with E-state index in [0.29, 0.717) is 5.75 Å². The van der Waals surface area contributed by atoms with Gasteiger partial charge in [0, 0.05) is 12.1 Å². The number of aryl methyl sites for hydroxylation is 1. The molecule has 0 bridgehead atoms. The lowest BCUT2D eigenvalue weighted by molar-refractivity contribution is -0.196. The Bertz CT molecular complexity index is 1400. The van der Waals surface area contributed by atoms with Crippen molar-refractivity contribution in [2.75, 3.05) is 12.4 Å². The highest BCUT2D eigenvalue weighted by molar-refractivity contribution is 6.09. The summed E-state index contributed by atoms with van der Waals surface area (Å²) in [5.74, 6) is -3.22. The fourth-order valence-corrected chi connectivity index (χ4v) is 3.91. The second-order valence-corrected chi connectivity index (χ2v) is 7.75. The Balaban J connectivity index is 1.80. The van der Waals surface area contributed by atoms with Crippen LogP contribution in [-0.4, -0.2) is 34.7 Å². The van der Waals surface area contributed by atoms with Crippen LogP contribution < -0.4 is 26.6 Å². The molecule has 1 aliphatic rings. The van der Waals surface area contributed by atoms with Crippen molar-refractivity contribution >= 4 is 17.6 Å². The van der Waals surface area contributed by atoms with Gasteiger partial charge in [-0.05, 0) is 36.2 Å². The van der Waals surface area contributed by atoms with Crippen LogP contribution in [0.4, 0.5) is 19.0 Å². The molecule has 2 heterocycles. The van der Waals surface area contributed by atoms with Gasteiger partial charge in [0.15, 0.2) is 0 Å². The zero-order chi connectivity index (χ0) is 25.4. The Morgan fingerprint density at radius 1 is 1.06 bits per heavy atom. The molecule has 1 aliphatic heterocycles. The summed E-state index contributed by atoms with van der Waals surface area (Å²) in [6.45, 7) is -0.136. The summed E-state index contributed by atoms with van der Waals surface area (Å²) in [4.78, 5) is 52.5. The van der Waals surface area contributed by atoms with E-state index in [9.17, 15) is 32.3 Å². The molecule has 2 aromatic carbocycles. The molecular formula is C23H19F3N4O5. The van der Waals surface area contributed by atoms with Crippen molar-refractivity contribution in [1.29, 1.82) is 0 Å². The van der Waals surface area contributed by atoms with Crippen LogP contribution in [0.5, 0.6) is 5.75 Å². The SMILES string of the molecule is COc1ccc(C(=O)N[C@]2(C(F)(F)F)C(=O)Nc3c2c(=O)[nH]c(=O)n3CCc2ccccc2)cc1. The molecule has 9 nitrogen and oxygen atoms in total. The number of nitrogens with one attached hydrogen (secondary N) is 3. The standard InChI is InChI=1S/C23H19F3N4O5/c1-35-15-9-7-14(8-10-15)18(31)29-22(23(24,25)26)16-17(27-20(22)33)30(21(34)28-19(16)32)12-11-13-5-3-2-4-6-13/h2-10H,11-12H2,1H3,(H,27,33)(H,29,31)(H,28,32,34)/t22-/m0/s1. The minimum absolute atomic E-state index is 0.136. The molecule has 0 aliphatic carbocycles. The van der Waals surface area contributed by atoms with Crippen molar-refractivity contribution in [2.45, 2.75) is 24.7 Å². The summed E-state index contributed by atoms with van der Waals surface area (Å²) in [6, 6.07) is 13.9. The molecule has 182 valence electrons. The molecule has 12 heteroatoms. The Morgan fingerprint density at radius 3 is 2.31 bits per heavy atom. The summed E-state index contributed by atoms with van der Waals surface area (Å²) in [7, 11) is 1.37. The number of rotatable bonds is 6. The fraction of sp³-hybridized carbons (Fsp3) is 0.217. The molecular weight excluding hydrogens is 469 g/mol. The normalized spacial score (nSPS) is 17.0. The van der Waals surface area contributed by atoms with Crippen molar-refractivity contribution < 1.29 is 27.5 Å². The number of nitrogens with zero attached hydrogens (tertiary/aromatic N) is 1. The Labute approximate surface area is 195 Å². The Kier molecular flexibility index (Phi) is 5.97. The maximum Gasteiger partial charge on any atom is 0.425 e. The average molecular weight is 488 g/mol. The van der Waals surface area contributed by atoms with Gasteiger partial charge in [-0.15, -0.1) is 0 Å². The second kappa shape index (κ2) is 8.78. The van der Waals surface area contributed by atoms with E-state index < -0.39 is 46.2 Å². The van der Waals surface area contributed by atoms with Gasteiger partial charge in [0.25, 0.3) is 22.9 Å². The van der Waals surface area contributed by atoms with Gasteiger partial charge in [0.05, 0.1) is 7.11 Å². The zero-order valence-corrected chi connectivity index (χ0v) is 18.2. The fourth-order valence-electron chi connectivity index (χ4n) is 3.91. The lowest BCUT2D eigenvalue weighted by atomic mass is 9.91. The number of amides is 2. The number of hydrogen-bond donors (Lipinski definition) is 3. The number of methoxy groups -OCH3 is 1. The first-order chi connectivity index (χ1) is 16.6. The first-order valence-electron chi connectivity index (χ1n) is 10.3. The van der Waals surface area contributed by atoms with E-state index in [-0.39, 0.29) is 18.5 Å². The number of ether oxygens (including phenoxy) is 1. The van der Waals surface area contributed by atoms with Gasteiger partial charge in [-0.1, -0.05) is 30.3 Å². The highest BCUT2D eigenvalue weighted by Crippen LogP contribution is 2.45. The number of halogens is 3. The van der Waals surface area contributed by atoms with Gasteiger partial charge < -0.3 is 15.4 Å². The summed E-state index contributed by atoms with van der Waals surface area (Å²) in [5.41, 5.74) is -6.68. The number of benzene rings is 2. The quantitative estimate of drug-likeness (QED) is 0.490. The minimum Gasteiger partial charge on any atom is -0.497 e. The molecule has 0 radical (unpaired) electrons. The van der Waals surface area contributed by atoms with Gasteiger partial charge in [0.1, 0.15) is 17.1 Å². The summed E-state index contributed by atoms with van der Waals surface area (Å²) < 4.78 is 49.2. The van der Waals surface area contributed by atoms with Crippen LogP contribution in [0.3, 0.4) is 0 Å². The Hall–Kier alpha value is -4.35. The molecule has 0 saturated heterocycles. The van der Waals surface area contributed by atoms with E-state index in [1.54, 1.807) is 35.6 Å². The monoisotopic (exact) mass is 488 g/mol. The van der Waals surface area contributed by atoms with E-state index in [2.05, 4.69) is 0 Å². The van der Waals surface area contributed by atoms with E-state index in [1.165, 1.54) is 31.4 Å². The van der Waals surface area contributed by atoms with Gasteiger partial charge in [-0.2, -0.15) is 13.2 Å². The molecule has 0 saturated carbocycles. The number of aromatic nitrogens is 2. The van der Waals surface area contributed by atoms with Crippen molar-refractivity contribution in [3.63, 3.8) is 0 Å². The highest BCUT2D eigenvalue weighted by atomic mass is 19.4. The van der Waals surface area contributed by atoms with E-state index in [4.69, 9.17) is 4.74 Å². The Morgan fingerprint density at radius 2 is 1.71 bits per heavy atom. The highest BCUT2D eigenvalue weighted by Gasteiger charge is 2.68. The minimum atomic E-state index is -5.42. The number of H-pyrrole nitrogens is 1. The van der Waals surface area contributed by atoms with Crippen molar-refractivity contribution in [1.82, 2.24) is 14.9 Å². The van der Waals surface area contributed by atoms with Crippen LogP contribution in [-0.2, 0) is 23.3 Å². The van der Waals surface area contributed by atoms with Gasteiger partial charge in [-0.3, -0.25) is 23.9 Å². The molecule has 35 heavy (non-hydrogen) atoms. The topological polar surface area (TPSA) is 122 Å². The maximum atomic E-state index is 14.5. The number of fused-ring (bicyclic) bond motifs is 1. The van der Waals surface area contributed by atoms with Gasteiger partial charge >= 0.3 is 11.9 Å². The third-order valence-corrected chi connectivity index (χ3v) is 5.69. The summed E-state index contributed by atoms with van der Waals surface area (Å²) in [5, 5.41) is 3.71. The van der Waals surface area contributed by atoms with E-state index in [0.717, 1.165) is 10.1 Å². The molecule has 3 N–H and O–H groups in total. The van der Waals surface area contributed by atoms with Crippen LogP contribution in [0.1, 0.15) is 21.5 Å². The van der Waals surface area contributed by atoms with Crippen molar-refractivity contribution in [3.05, 3.63) is 92.1 Å². The van der Waals surface area contributed by atoms with Gasteiger partial charge in [-0.25, -0.2) is 4.79 Å². The van der Waals surface area contributed by atoms with E-state index >= 15 is 0 Å². The second-order valence-electron chi connectivity index (χ2n) is 7.75. The molecule has 0 spiro atoms. The van der Waals surface area contributed by atoms with Crippen LogP contribution in [0.15, 0.2) is 64.2 Å². The number of alkyl halides is 3. The molecule has 0 unspecified atom stereocenters. The summed E-state index contributed by atoms with van der Waals surface area (Å²) >= 11 is 0. The lowest BCUT2D eigenvalue weighted by Crippen LogP contribution is -2.62. The third-order valence-electron chi connectivity index (χ3n) is 5.69. The number of carbonyl (C=O) groups excluding carboxylic acids is 2. The zero-order valence-electron chi connectivity index (χ0n) is 18.2. The predicted molar refractivity (Wildman–Crippen MR) is 118 cm³/mol. The van der Waals surface area contributed by atoms with E-state index in [1.807, 2.05) is 10.3 Å². The largest absolute Gasteiger partial charge is 0.497 e. The van der Waals surface area contributed by atoms with Crippen LogP contribution in [0, 0.1) is 0 Å². The molecule has 1 atom stereocenters. The first-order valence-corrected chi connectivity index (χ1v) is 10.3. The third kappa shape index (κ3) is 4.07. The predicted octanol–water partition coefficient (Wildman–Crippen LogP) is 1.93. The molecule has 2 amide bonds. The average Bonchev–Trinajstić information content (AvgIpc) is 3.12. The molecule has 3 aromatic rings. The van der Waals surface area contributed by atoms with Crippen molar-refractivity contribution in [3.8, 4) is 5.75 Å². The molecule has 0 fully saturated rings. The number of hydrogen-bond acceptors (Lipinski definition) is 5. The van der Waals surface area contributed by atoms with Gasteiger partial charge in [0.2, 0.25) is 0 Å². The van der Waals surface area contributed by atoms with Crippen LogP contribution >= 0.6 is 0 Å². The maximum absolute atomic E-state index is 14.5. The molecule has 4 rings (SSSR count). The van der Waals surface area contributed by atoms with Crippen LogP contribution in [0.2, 0.25) is 0 Å².